The average Bonchev–Trinajstić information content (AvgIpc) is 2.72. The Bertz CT molecular complexity index is 1050. The van der Waals surface area contributed by atoms with Crippen LogP contribution < -0.4 is 0 Å². The molecule has 0 fully saturated rings. The molecule has 0 aliphatic carbocycles. The Kier molecular flexibility index (Phi) is 9.86. The van der Waals surface area contributed by atoms with Gasteiger partial charge in [0.25, 0.3) is 0 Å². The van der Waals surface area contributed by atoms with Gasteiger partial charge in [0, 0.05) is 11.6 Å². The van der Waals surface area contributed by atoms with Gasteiger partial charge in [-0.1, -0.05) is 47.1 Å². The Hall–Kier alpha value is -3.40. The summed E-state index contributed by atoms with van der Waals surface area (Å²) in [5.74, 6) is -0.335. The number of hydrogen-bond acceptors (Lipinski definition) is 4. The Balaban J connectivity index is 2.02. The first kappa shape index (κ1) is 25.9. The van der Waals surface area contributed by atoms with Crippen LogP contribution in [0, 0.1) is 0 Å². The van der Waals surface area contributed by atoms with E-state index in [0.29, 0.717) is 23.1 Å². The molecule has 0 amide bonds. The van der Waals surface area contributed by atoms with Gasteiger partial charge in [-0.25, -0.2) is 0 Å². The lowest BCUT2D eigenvalue weighted by atomic mass is 10.0. The summed E-state index contributed by atoms with van der Waals surface area (Å²) in [7, 11) is 0. The van der Waals surface area contributed by atoms with Gasteiger partial charge in [-0.3, -0.25) is 0 Å². The zero-order chi connectivity index (χ0) is 24.4. The third-order valence-corrected chi connectivity index (χ3v) is 5.38. The first-order valence-corrected chi connectivity index (χ1v) is 11.3. The van der Waals surface area contributed by atoms with Gasteiger partial charge in [0.1, 0.15) is 11.5 Å². The van der Waals surface area contributed by atoms with Crippen molar-refractivity contribution >= 4 is 12.2 Å². The van der Waals surface area contributed by atoms with Crippen molar-refractivity contribution in [3.8, 4) is 23.0 Å². The zero-order valence-corrected chi connectivity index (χ0v) is 20.1. The maximum absolute atomic E-state index is 10.3. The largest absolute Gasteiger partial charge is 0.508 e. The standard InChI is InChI=1S/C29H36O4/c1-20(2)7-5-8-21(3)9-6-10-22(4)11-14-25-15-23(18-28(32)29(25)33)12-13-24-16-26(30)19-27(31)17-24/h7,9,11-13,15-19,30-33H,5-6,8,10,14H2,1-4H3. The highest BCUT2D eigenvalue weighted by molar-refractivity contribution is 5.72. The van der Waals surface area contributed by atoms with Crippen LogP contribution in [0.1, 0.15) is 70.1 Å². The molecule has 0 saturated carbocycles. The topological polar surface area (TPSA) is 80.9 Å². The van der Waals surface area contributed by atoms with E-state index in [1.54, 1.807) is 12.2 Å². The van der Waals surface area contributed by atoms with Crippen LogP contribution in [0.2, 0.25) is 0 Å². The van der Waals surface area contributed by atoms with Crippen LogP contribution in [0.15, 0.2) is 65.3 Å². The minimum Gasteiger partial charge on any atom is -0.508 e. The summed E-state index contributed by atoms with van der Waals surface area (Å²) < 4.78 is 0. The lowest BCUT2D eigenvalue weighted by molar-refractivity contribution is 0.400. The summed E-state index contributed by atoms with van der Waals surface area (Å²) >= 11 is 0. The molecule has 2 rings (SSSR count). The Morgan fingerprint density at radius 1 is 0.667 bits per heavy atom. The van der Waals surface area contributed by atoms with Crippen LogP contribution in [-0.4, -0.2) is 20.4 Å². The van der Waals surface area contributed by atoms with E-state index >= 15 is 0 Å². The summed E-state index contributed by atoms with van der Waals surface area (Å²) in [6, 6.07) is 7.63. The van der Waals surface area contributed by atoms with Gasteiger partial charge in [0.05, 0.1) is 0 Å². The first-order valence-electron chi connectivity index (χ1n) is 11.3. The van der Waals surface area contributed by atoms with E-state index in [0.717, 1.165) is 25.7 Å². The van der Waals surface area contributed by atoms with Crippen molar-refractivity contribution in [3.63, 3.8) is 0 Å². The van der Waals surface area contributed by atoms with Crippen LogP contribution in [0.3, 0.4) is 0 Å². The molecule has 4 nitrogen and oxygen atoms in total. The molecule has 2 aromatic rings. The Labute approximate surface area is 197 Å². The van der Waals surface area contributed by atoms with Gasteiger partial charge in [0.2, 0.25) is 0 Å². The second-order valence-electron chi connectivity index (χ2n) is 8.83. The summed E-state index contributed by atoms with van der Waals surface area (Å²) in [6.45, 7) is 8.51. The quantitative estimate of drug-likeness (QED) is 0.171. The van der Waals surface area contributed by atoms with E-state index in [4.69, 9.17) is 0 Å². The fourth-order valence-electron chi connectivity index (χ4n) is 3.48. The van der Waals surface area contributed by atoms with E-state index in [1.165, 1.54) is 41.0 Å². The molecule has 0 saturated heterocycles. The molecule has 2 aromatic carbocycles. The molecule has 176 valence electrons. The second kappa shape index (κ2) is 12.6. The van der Waals surface area contributed by atoms with Crippen molar-refractivity contribution in [2.24, 2.45) is 0 Å². The molecule has 0 heterocycles. The molecule has 0 aliphatic rings. The van der Waals surface area contributed by atoms with Gasteiger partial charge in [-0.2, -0.15) is 0 Å². The van der Waals surface area contributed by atoms with Gasteiger partial charge >= 0.3 is 0 Å². The van der Waals surface area contributed by atoms with Crippen LogP contribution in [0.5, 0.6) is 23.0 Å². The van der Waals surface area contributed by atoms with Crippen LogP contribution in [-0.2, 0) is 6.42 Å². The minimum atomic E-state index is -0.174. The number of aromatic hydroxyl groups is 4. The SMILES string of the molecule is CC(C)=CCCC(C)=CCCC(C)=CCc1cc(C=Cc2cc(O)cc(O)c2)cc(O)c1O. The van der Waals surface area contributed by atoms with Gasteiger partial charge < -0.3 is 20.4 Å². The molecule has 4 heteroatoms. The second-order valence-corrected chi connectivity index (χ2v) is 8.83. The fourth-order valence-corrected chi connectivity index (χ4v) is 3.48. The third-order valence-electron chi connectivity index (χ3n) is 5.38. The molecule has 0 radical (unpaired) electrons. The first-order chi connectivity index (χ1) is 15.6. The molecule has 0 atom stereocenters. The molecular formula is C29H36O4. The summed E-state index contributed by atoms with van der Waals surface area (Å²) in [4.78, 5) is 0. The zero-order valence-electron chi connectivity index (χ0n) is 20.1. The monoisotopic (exact) mass is 448 g/mol. The molecule has 0 unspecified atom stereocenters. The Morgan fingerprint density at radius 3 is 1.82 bits per heavy atom. The van der Waals surface area contributed by atoms with Crippen molar-refractivity contribution in [1.82, 2.24) is 0 Å². The van der Waals surface area contributed by atoms with E-state index in [9.17, 15) is 20.4 Å². The smallest absolute Gasteiger partial charge is 0.161 e. The summed E-state index contributed by atoms with van der Waals surface area (Å²) in [5.41, 5.74) is 5.97. The highest BCUT2D eigenvalue weighted by Gasteiger charge is 2.08. The highest BCUT2D eigenvalue weighted by atomic mass is 16.3. The van der Waals surface area contributed by atoms with Gasteiger partial charge in [-0.15, -0.1) is 0 Å². The molecule has 0 aromatic heterocycles. The Morgan fingerprint density at radius 2 is 1.21 bits per heavy atom. The van der Waals surface area contributed by atoms with E-state index in [-0.39, 0.29) is 23.0 Å². The predicted octanol–water partition coefficient (Wildman–Crippen LogP) is 7.64. The van der Waals surface area contributed by atoms with Crippen molar-refractivity contribution in [3.05, 3.63) is 82.0 Å². The maximum atomic E-state index is 10.3. The lowest BCUT2D eigenvalue weighted by Gasteiger charge is -2.08. The van der Waals surface area contributed by atoms with Crippen LogP contribution in [0.4, 0.5) is 0 Å². The van der Waals surface area contributed by atoms with Crippen LogP contribution >= 0.6 is 0 Å². The number of allylic oxidation sites excluding steroid dienone is 6. The number of phenols is 4. The van der Waals surface area contributed by atoms with Gasteiger partial charge in [-0.05, 0) is 95.2 Å². The van der Waals surface area contributed by atoms with Crippen LogP contribution in [0.25, 0.3) is 12.2 Å². The number of benzene rings is 2. The third kappa shape index (κ3) is 9.32. The molecule has 4 N–H and O–H groups in total. The van der Waals surface area contributed by atoms with E-state index in [1.807, 2.05) is 6.07 Å². The minimum absolute atomic E-state index is 0.0255. The number of phenolic OH excluding ortho intramolecular Hbond substituents is 4. The molecule has 0 aliphatic heterocycles. The van der Waals surface area contributed by atoms with E-state index < -0.39 is 0 Å². The highest BCUT2D eigenvalue weighted by Crippen LogP contribution is 2.32. The fraction of sp³-hybridized carbons (Fsp3) is 0.310. The van der Waals surface area contributed by atoms with Crippen molar-refractivity contribution < 1.29 is 20.4 Å². The molecule has 0 bridgehead atoms. The molecule has 33 heavy (non-hydrogen) atoms. The van der Waals surface area contributed by atoms with E-state index in [2.05, 4.69) is 45.9 Å². The number of rotatable bonds is 10. The summed E-state index contributed by atoms with van der Waals surface area (Å²) in [5, 5.41) is 39.6. The number of hydrogen-bond donors (Lipinski definition) is 4. The maximum Gasteiger partial charge on any atom is 0.161 e. The average molecular weight is 449 g/mol. The predicted molar refractivity (Wildman–Crippen MR) is 138 cm³/mol. The van der Waals surface area contributed by atoms with Gasteiger partial charge in [0.15, 0.2) is 11.5 Å². The van der Waals surface area contributed by atoms with Crippen molar-refractivity contribution in [2.75, 3.05) is 0 Å². The van der Waals surface area contributed by atoms with Crippen molar-refractivity contribution in [2.45, 2.75) is 59.8 Å². The molecular weight excluding hydrogens is 412 g/mol. The lowest BCUT2D eigenvalue weighted by Crippen LogP contribution is -1.88. The summed E-state index contributed by atoms with van der Waals surface area (Å²) in [6.07, 6.45) is 14.8. The van der Waals surface area contributed by atoms with Crippen molar-refractivity contribution in [1.29, 1.82) is 0 Å². The molecule has 0 spiro atoms. The normalized spacial score (nSPS) is 12.4.